The molecule has 90 valence electrons. The number of nitrogens with one attached hydrogen (secondary N) is 2. The summed E-state index contributed by atoms with van der Waals surface area (Å²) < 4.78 is 14.8. The van der Waals surface area contributed by atoms with E-state index in [0.29, 0.717) is 33.0 Å². The van der Waals surface area contributed by atoms with Gasteiger partial charge in [0.05, 0.1) is 33.5 Å². The summed E-state index contributed by atoms with van der Waals surface area (Å²) in [6, 6.07) is 0. The molecule has 0 aromatic heterocycles. The molecular weight excluding hydrogens is 200 g/mol. The maximum Gasteiger partial charge on any atom is 0.406 e. The normalized spacial score (nSPS) is 10.0. The molecule has 0 radical (unpaired) electrons. The van der Waals surface area contributed by atoms with E-state index in [1.165, 1.54) is 7.11 Å². The number of hydrogen-bond acceptors (Lipinski definition) is 5. The van der Waals surface area contributed by atoms with Crippen molar-refractivity contribution in [1.82, 2.24) is 10.6 Å². The standard InChI is InChI=1S/C9H20N2O4/c1-10-3-5-14-7-8-15-6-4-11-9(12)13-2/h10H,3-8H2,1-2H3,(H,11,12). The Hall–Kier alpha value is -0.850. The number of carbonyl (C=O) groups excluding carboxylic acids is 1. The fourth-order valence-corrected chi connectivity index (χ4v) is 0.794. The Morgan fingerprint density at radius 3 is 2.20 bits per heavy atom. The molecular formula is C9H20N2O4. The molecule has 0 saturated heterocycles. The fourth-order valence-electron chi connectivity index (χ4n) is 0.794. The molecule has 0 fully saturated rings. The van der Waals surface area contributed by atoms with E-state index >= 15 is 0 Å². The molecule has 0 rings (SSSR count). The van der Waals surface area contributed by atoms with E-state index in [1.54, 1.807) is 0 Å². The van der Waals surface area contributed by atoms with E-state index in [0.717, 1.165) is 6.54 Å². The van der Waals surface area contributed by atoms with Gasteiger partial charge in [-0.05, 0) is 7.05 Å². The summed E-state index contributed by atoms with van der Waals surface area (Å²) in [4.78, 5) is 10.6. The van der Waals surface area contributed by atoms with Crippen LogP contribution in [0.15, 0.2) is 0 Å². The van der Waals surface area contributed by atoms with Gasteiger partial charge in [-0.15, -0.1) is 0 Å². The molecule has 0 bridgehead atoms. The summed E-state index contributed by atoms with van der Waals surface area (Å²) in [5.41, 5.74) is 0. The minimum atomic E-state index is -0.441. The molecule has 0 aromatic rings. The Morgan fingerprint density at radius 2 is 1.67 bits per heavy atom. The zero-order chi connectivity index (χ0) is 11.4. The van der Waals surface area contributed by atoms with Crippen LogP contribution in [-0.2, 0) is 14.2 Å². The van der Waals surface area contributed by atoms with Gasteiger partial charge < -0.3 is 24.8 Å². The number of rotatable bonds is 9. The monoisotopic (exact) mass is 220 g/mol. The molecule has 0 spiro atoms. The molecule has 0 atom stereocenters. The van der Waals surface area contributed by atoms with Gasteiger partial charge >= 0.3 is 6.09 Å². The van der Waals surface area contributed by atoms with E-state index < -0.39 is 6.09 Å². The van der Waals surface area contributed by atoms with Crippen molar-refractivity contribution >= 4 is 6.09 Å². The second-order valence-electron chi connectivity index (χ2n) is 2.75. The van der Waals surface area contributed by atoms with Crippen LogP contribution in [-0.4, -0.2) is 59.8 Å². The number of hydrogen-bond donors (Lipinski definition) is 2. The van der Waals surface area contributed by atoms with Gasteiger partial charge in [-0.3, -0.25) is 0 Å². The highest BCUT2D eigenvalue weighted by Gasteiger charge is 1.95. The van der Waals surface area contributed by atoms with Gasteiger partial charge in [0, 0.05) is 13.1 Å². The maximum atomic E-state index is 10.6. The summed E-state index contributed by atoms with van der Waals surface area (Å²) in [7, 11) is 3.20. The molecule has 6 nitrogen and oxygen atoms in total. The second kappa shape index (κ2) is 11.2. The molecule has 0 saturated carbocycles. The molecule has 0 heterocycles. The van der Waals surface area contributed by atoms with Gasteiger partial charge in [-0.25, -0.2) is 4.79 Å². The van der Waals surface area contributed by atoms with E-state index in [9.17, 15) is 4.79 Å². The first-order valence-electron chi connectivity index (χ1n) is 4.93. The third-order valence-electron chi connectivity index (χ3n) is 1.57. The first kappa shape index (κ1) is 14.2. The molecule has 6 heteroatoms. The van der Waals surface area contributed by atoms with E-state index in [-0.39, 0.29) is 0 Å². The largest absolute Gasteiger partial charge is 0.453 e. The number of carbonyl (C=O) groups is 1. The van der Waals surface area contributed by atoms with Crippen LogP contribution in [0.4, 0.5) is 4.79 Å². The van der Waals surface area contributed by atoms with Crippen LogP contribution in [0.5, 0.6) is 0 Å². The highest BCUT2D eigenvalue weighted by Crippen LogP contribution is 1.78. The molecule has 2 N–H and O–H groups in total. The van der Waals surface area contributed by atoms with Gasteiger partial charge in [0.1, 0.15) is 0 Å². The van der Waals surface area contributed by atoms with Crippen molar-refractivity contribution in [2.75, 3.05) is 53.7 Å². The van der Waals surface area contributed by atoms with Crippen LogP contribution in [0.2, 0.25) is 0 Å². The topological polar surface area (TPSA) is 68.8 Å². The van der Waals surface area contributed by atoms with Gasteiger partial charge in [-0.1, -0.05) is 0 Å². The number of alkyl carbamates (subject to hydrolysis) is 1. The van der Waals surface area contributed by atoms with Crippen molar-refractivity contribution in [3.05, 3.63) is 0 Å². The average molecular weight is 220 g/mol. The number of methoxy groups -OCH3 is 1. The van der Waals surface area contributed by atoms with Crippen LogP contribution in [0.25, 0.3) is 0 Å². The highest BCUT2D eigenvalue weighted by atomic mass is 16.5. The van der Waals surface area contributed by atoms with Gasteiger partial charge in [0.25, 0.3) is 0 Å². The van der Waals surface area contributed by atoms with Gasteiger partial charge in [-0.2, -0.15) is 0 Å². The van der Waals surface area contributed by atoms with Crippen LogP contribution in [0.1, 0.15) is 0 Å². The summed E-state index contributed by atoms with van der Waals surface area (Å²) in [6.07, 6.45) is -0.441. The van der Waals surface area contributed by atoms with Crippen molar-refractivity contribution in [2.45, 2.75) is 0 Å². The third-order valence-corrected chi connectivity index (χ3v) is 1.57. The lowest BCUT2D eigenvalue weighted by Crippen LogP contribution is -2.27. The smallest absolute Gasteiger partial charge is 0.406 e. The van der Waals surface area contributed by atoms with E-state index in [4.69, 9.17) is 9.47 Å². The van der Waals surface area contributed by atoms with Crippen LogP contribution >= 0.6 is 0 Å². The van der Waals surface area contributed by atoms with E-state index in [1.807, 2.05) is 7.05 Å². The van der Waals surface area contributed by atoms with E-state index in [2.05, 4.69) is 15.4 Å². The zero-order valence-electron chi connectivity index (χ0n) is 9.38. The maximum absolute atomic E-state index is 10.6. The van der Waals surface area contributed by atoms with Crippen molar-refractivity contribution < 1.29 is 19.0 Å². The molecule has 15 heavy (non-hydrogen) atoms. The predicted molar refractivity (Wildman–Crippen MR) is 56.0 cm³/mol. The zero-order valence-corrected chi connectivity index (χ0v) is 9.38. The molecule has 0 unspecified atom stereocenters. The Kier molecular flexibility index (Phi) is 10.6. The van der Waals surface area contributed by atoms with Gasteiger partial charge in [0.2, 0.25) is 0 Å². The number of amides is 1. The Bertz CT molecular complexity index is 155. The average Bonchev–Trinajstić information content (AvgIpc) is 2.26. The van der Waals surface area contributed by atoms with Crippen LogP contribution in [0, 0.1) is 0 Å². The minimum absolute atomic E-state index is 0.441. The molecule has 1 amide bonds. The predicted octanol–water partition coefficient (Wildman–Crippen LogP) is -0.405. The molecule has 0 aromatic carbocycles. The van der Waals surface area contributed by atoms with Crippen LogP contribution in [0.3, 0.4) is 0 Å². The third kappa shape index (κ3) is 11.1. The Labute approximate surface area is 90.3 Å². The lowest BCUT2D eigenvalue weighted by molar-refractivity contribution is 0.0501. The lowest BCUT2D eigenvalue weighted by Gasteiger charge is -2.06. The SMILES string of the molecule is CNCCOCCOCCNC(=O)OC. The lowest BCUT2D eigenvalue weighted by atomic mass is 10.6. The Balaban J connectivity index is 2.95. The second-order valence-corrected chi connectivity index (χ2v) is 2.75. The number of ether oxygens (including phenoxy) is 3. The highest BCUT2D eigenvalue weighted by molar-refractivity contribution is 5.66. The summed E-state index contributed by atoms with van der Waals surface area (Å²) >= 11 is 0. The van der Waals surface area contributed by atoms with Crippen molar-refractivity contribution in [2.24, 2.45) is 0 Å². The fraction of sp³-hybridized carbons (Fsp3) is 0.889. The number of likely N-dealkylation sites (N-methyl/N-ethyl adjacent to an activating group) is 1. The van der Waals surface area contributed by atoms with Crippen molar-refractivity contribution in [1.29, 1.82) is 0 Å². The summed E-state index contributed by atoms with van der Waals surface area (Å²) in [5.74, 6) is 0. The molecule has 0 aliphatic rings. The summed E-state index contributed by atoms with van der Waals surface area (Å²) in [5, 5.41) is 5.48. The van der Waals surface area contributed by atoms with Crippen molar-refractivity contribution in [3.8, 4) is 0 Å². The quantitative estimate of drug-likeness (QED) is 0.517. The molecule has 0 aliphatic heterocycles. The Morgan fingerprint density at radius 1 is 1.07 bits per heavy atom. The first-order chi connectivity index (χ1) is 7.31. The van der Waals surface area contributed by atoms with Gasteiger partial charge in [0.15, 0.2) is 0 Å². The first-order valence-corrected chi connectivity index (χ1v) is 4.93. The minimum Gasteiger partial charge on any atom is -0.453 e. The summed E-state index contributed by atoms with van der Waals surface area (Å²) in [6.45, 7) is 3.53. The molecule has 0 aliphatic carbocycles. The van der Waals surface area contributed by atoms with Crippen LogP contribution < -0.4 is 10.6 Å². The van der Waals surface area contributed by atoms with Crippen molar-refractivity contribution in [3.63, 3.8) is 0 Å².